The zero-order valence-electron chi connectivity index (χ0n) is 6.37. The van der Waals surface area contributed by atoms with Gasteiger partial charge in [0.25, 0.3) is 4.06 Å². The molecule has 2 nitrogen and oxygen atoms in total. The Kier molecular flexibility index (Phi) is 3.20. The van der Waals surface area contributed by atoms with Crippen molar-refractivity contribution in [3.63, 3.8) is 0 Å². The zero-order chi connectivity index (χ0) is 8.97. The molecule has 1 rings (SSSR count). The lowest BCUT2D eigenvalue weighted by atomic mass is 10.2. The lowest BCUT2D eigenvalue weighted by Crippen LogP contribution is -1.82. The van der Waals surface area contributed by atoms with Crippen LogP contribution in [0.3, 0.4) is 0 Å². The fraction of sp³-hybridized carbons (Fsp3) is 0.250. The molecule has 0 aliphatic rings. The lowest BCUT2D eigenvalue weighted by molar-refractivity contribution is 0.996. The van der Waals surface area contributed by atoms with E-state index in [1.54, 1.807) is 0 Å². The van der Waals surface area contributed by atoms with Gasteiger partial charge in [-0.3, -0.25) is 4.79 Å². The van der Waals surface area contributed by atoms with Crippen molar-refractivity contribution in [2.24, 2.45) is 0 Å². The molecule has 0 spiro atoms. The molecule has 0 aliphatic carbocycles. The van der Waals surface area contributed by atoms with Crippen LogP contribution in [0.15, 0.2) is 22.3 Å². The summed E-state index contributed by atoms with van der Waals surface area (Å²) in [6.45, 7) is 3.56. The van der Waals surface area contributed by atoms with Gasteiger partial charge in [0.15, 0.2) is 0 Å². The highest BCUT2D eigenvalue weighted by Gasteiger charge is 1.98. The quantitative estimate of drug-likeness (QED) is 0.697. The summed E-state index contributed by atoms with van der Waals surface area (Å²) >= 11 is 2.47. The van der Waals surface area contributed by atoms with Gasteiger partial charge >= 0.3 is 0 Å². The second-order valence-corrected chi connectivity index (χ2v) is 4.47. The first kappa shape index (κ1) is 9.17. The maximum Gasteiger partial charge on any atom is 0.287 e. The van der Waals surface area contributed by atoms with Crippen molar-refractivity contribution in [3.05, 3.63) is 31.3 Å². The van der Waals surface area contributed by atoms with Gasteiger partial charge < -0.3 is 0 Å². The third-order valence-electron chi connectivity index (χ3n) is 1.33. The Balaban J connectivity index is 2.50. The minimum atomic E-state index is 0.118. The second-order valence-electron chi connectivity index (χ2n) is 2.27. The van der Waals surface area contributed by atoms with Crippen LogP contribution < -0.4 is 4.06 Å². The predicted octanol–water partition coefficient (Wildman–Crippen LogP) is 2.18. The monoisotopic (exact) mass is 197 g/mol. The topological polar surface area (TPSA) is 40.9 Å². The summed E-state index contributed by atoms with van der Waals surface area (Å²) in [5, 5.41) is 10.3. The van der Waals surface area contributed by atoms with Gasteiger partial charge in [-0.25, -0.2) is 0 Å². The molecule has 12 heavy (non-hydrogen) atoms. The highest BCUT2D eigenvalue weighted by Crippen LogP contribution is 2.12. The molecule has 0 amide bonds. The summed E-state index contributed by atoms with van der Waals surface area (Å²) < 4.78 is 0.118. The maximum absolute atomic E-state index is 10.8. The SMILES string of the molecule is C=C(C#N)CCc1csc(=O)s1. The number of aryl methyl sites for hydroxylation is 1. The van der Waals surface area contributed by atoms with Crippen LogP contribution in [-0.4, -0.2) is 0 Å². The summed E-state index contributed by atoms with van der Waals surface area (Å²) in [5.41, 5.74) is 0.570. The van der Waals surface area contributed by atoms with E-state index < -0.39 is 0 Å². The number of allylic oxidation sites excluding steroid dienone is 1. The molecule has 0 aliphatic heterocycles. The Morgan fingerprint density at radius 2 is 2.50 bits per heavy atom. The van der Waals surface area contributed by atoms with Crippen LogP contribution in [0.1, 0.15) is 11.3 Å². The van der Waals surface area contributed by atoms with Crippen LogP contribution >= 0.6 is 22.7 Å². The maximum atomic E-state index is 10.8. The van der Waals surface area contributed by atoms with E-state index in [9.17, 15) is 4.79 Å². The summed E-state index contributed by atoms with van der Waals surface area (Å²) in [7, 11) is 0. The molecular weight excluding hydrogens is 190 g/mol. The molecule has 0 saturated heterocycles. The molecule has 0 bridgehead atoms. The summed E-state index contributed by atoms with van der Waals surface area (Å²) in [4.78, 5) is 11.8. The van der Waals surface area contributed by atoms with E-state index in [2.05, 4.69) is 6.58 Å². The molecule has 62 valence electrons. The van der Waals surface area contributed by atoms with Crippen molar-refractivity contribution in [3.8, 4) is 6.07 Å². The van der Waals surface area contributed by atoms with Gasteiger partial charge in [0.2, 0.25) is 0 Å². The third-order valence-corrected chi connectivity index (χ3v) is 3.37. The van der Waals surface area contributed by atoms with Crippen molar-refractivity contribution in [2.45, 2.75) is 12.8 Å². The van der Waals surface area contributed by atoms with Gasteiger partial charge in [0, 0.05) is 15.8 Å². The van der Waals surface area contributed by atoms with E-state index in [-0.39, 0.29) is 4.06 Å². The number of rotatable bonds is 3. The summed E-state index contributed by atoms with van der Waals surface area (Å²) in [6.07, 6.45) is 1.42. The molecule has 1 aromatic heterocycles. The van der Waals surface area contributed by atoms with Crippen LogP contribution in [0.5, 0.6) is 0 Å². The standard InChI is InChI=1S/C8H7NOS2/c1-6(4-9)2-3-7-5-11-8(10)12-7/h5H,1-3H2. The molecule has 0 saturated carbocycles. The first-order chi connectivity index (χ1) is 5.72. The van der Waals surface area contributed by atoms with E-state index in [0.29, 0.717) is 12.0 Å². The van der Waals surface area contributed by atoms with Gasteiger partial charge in [-0.05, 0) is 12.8 Å². The van der Waals surface area contributed by atoms with Crippen molar-refractivity contribution >= 4 is 22.7 Å². The van der Waals surface area contributed by atoms with Crippen LogP contribution in [0.2, 0.25) is 0 Å². The van der Waals surface area contributed by atoms with Crippen LogP contribution in [0.25, 0.3) is 0 Å². The Hall–Kier alpha value is -0.920. The Morgan fingerprint density at radius 3 is 3.00 bits per heavy atom. The molecule has 4 heteroatoms. The Bertz CT molecular complexity index is 369. The van der Waals surface area contributed by atoms with E-state index in [0.717, 1.165) is 11.3 Å². The average molecular weight is 197 g/mol. The van der Waals surface area contributed by atoms with E-state index in [1.165, 1.54) is 22.7 Å². The summed E-state index contributed by atoms with van der Waals surface area (Å²) in [5.74, 6) is 0. The normalized spacial score (nSPS) is 9.25. The van der Waals surface area contributed by atoms with Gasteiger partial charge in [0.1, 0.15) is 0 Å². The molecule has 1 aromatic rings. The second kappa shape index (κ2) is 4.19. The molecule has 0 atom stereocenters. The van der Waals surface area contributed by atoms with Crippen LogP contribution in [0.4, 0.5) is 0 Å². The summed E-state index contributed by atoms with van der Waals surface area (Å²) in [6, 6.07) is 1.98. The third kappa shape index (κ3) is 2.61. The van der Waals surface area contributed by atoms with Crippen molar-refractivity contribution in [1.82, 2.24) is 0 Å². The number of hydrogen-bond acceptors (Lipinski definition) is 4. The Morgan fingerprint density at radius 1 is 1.75 bits per heavy atom. The van der Waals surface area contributed by atoms with Gasteiger partial charge in [-0.1, -0.05) is 29.3 Å². The van der Waals surface area contributed by atoms with E-state index in [4.69, 9.17) is 5.26 Å². The highest BCUT2D eigenvalue weighted by molar-refractivity contribution is 7.26. The first-order valence-corrected chi connectivity index (χ1v) is 5.07. The molecule has 1 heterocycles. The van der Waals surface area contributed by atoms with Gasteiger partial charge in [0.05, 0.1) is 6.07 Å². The molecule has 0 radical (unpaired) electrons. The number of nitrogens with zero attached hydrogens (tertiary/aromatic N) is 1. The predicted molar refractivity (Wildman–Crippen MR) is 51.5 cm³/mol. The van der Waals surface area contributed by atoms with Gasteiger partial charge in [-0.15, -0.1) is 0 Å². The fourth-order valence-corrected chi connectivity index (χ4v) is 2.47. The smallest absolute Gasteiger partial charge is 0.265 e. The largest absolute Gasteiger partial charge is 0.287 e. The minimum Gasteiger partial charge on any atom is -0.265 e. The molecule has 0 fully saturated rings. The average Bonchev–Trinajstić information content (AvgIpc) is 2.47. The molecule has 0 N–H and O–H groups in total. The highest BCUT2D eigenvalue weighted by atomic mass is 32.2. The molecular formula is C8H7NOS2. The van der Waals surface area contributed by atoms with Crippen molar-refractivity contribution < 1.29 is 0 Å². The van der Waals surface area contributed by atoms with Gasteiger partial charge in [-0.2, -0.15) is 5.26 Å². The van der Waals surface area contributed by atoms with Crippen molar-refractivity contribution in [2.75, 3.05) is 0 Å². The van der Waals surface area contributed by atoms with Crippen LogP contribution in [-0.2, 0) is 6.42 Å². The molecule has 0 aromatic carbocycles. The fourth-order valence-electron chi connectivity index (χ4n) is 0.709. The number of hydrogen-bond donors (Lipinski definition) is 0. The van der Waals surface area contributed by atoms with Crippen LogP contribution in [0, 0.1) is 11.3 Å². The minimum absolute atomic E-state index is 0.118. The van der Waals surface area contributed by atoms with E-state index in [1.807, 2.05) is 11.4 Å². The first-order valence-electron chi connectivity index (χ1n) is 3.38. The Labute approximate surface area is 78.4 Å². The van der Waals surface area contributed by atoms with E-state index >= 15 is 0 Å². The zero-order valence-corrected chi connectivity index (χ0v) is 8.00. The molecule has 0 unspecified atom stereocenters. The lowest BCUT2D eigenvalue weighted by Gasteiger charge is -1.91. The van der Waals surface area contributed by atoms with Crippen molar-refractivity contribution in [1.29, 1.82) is 5.26 Å². The number of nitriles is 1.